The van der Waals surface area contributed by atoms with Crippen LogP contribution in [0, 0.1) is 11.6 Å². The number of nitrogens with zero attached hydrogens (tertiary/aromatic N) is 2. The van der Waals surface area contributed by atoms with Crippen molar-refractivity contribution in [1.82, 2.24) is 15.5 Å². The minimum absolute atomic E-state index is 0.192. The zero-order valence-corrected chi connectivity index (χ0v) is 9.81. The molecule has 0 radical (unpaired) electrons. The third-order valence-electron chi connectivity index (χ3n) is 3.03. The molecule has 1 saturated heterocycles. The average Bonchev–Trinajstić information content (AvgIpc) is 3.01. The van der Waals surface area contributed by atoms with Crippen LogP contribution < -0.4 is 5.32 Å². The van der Waals surface area contributed by atoms with Crippen molar-refractivity contribution in [2.45, 2.75) is 18.6 Å². The van der Waals surface area contributed by atoms with E-state index in [4.69, 9.17) is 4.52 Å². The fourth-order valence-electron chi connectivity index (χ4n) is 2.03. The summed E-state index contributed by atoms with van der Waals surface area (Å²) in [5, 5.41) is 16.2. The van der Waals surface area contributed by atoms with Gasteiger partial charge in [0.05, 0.1) is 12.1 Å². The molecule has 1 fully saturated rings. The Kier molecular flexibility index (Phi) is 3.00. The van der Waals surface area contributed by atoms with Crippen molar-refractivity contribution in [3.8, 4) is 11.4 Å². The molecule has 19 heavy (non-hydrogen) atoms. The molecule has 1 aliphatic rings. The number of nitrogens with one attached hydrogen (secondary N) is 1. The fraction of sp³-hybridized carbons (Fsp3) is 0.333. The van der Waals surface area contributed by atoms with E-state index >= 15 is 0 Å². The molecule has 0 amide bonds. The Labute approximate surface area is 107 Å². The van der Waals surface area contributed by atoms with Crippen molar-refractivity contribution in [2.24, 2.45) is 0 Å². The van der Waals surface area contributed by atoms with Crippen molar-refractivity contribution in [2.75, 3.05) is 6.54 Å². The van der Waals surface area contributed by atoms with Crippen LogP contribution in [0.3, 0.4) is 0 Å². The van der Waals surface area contributed by atoms with Gasteiger partial charge in [-0.3, -0.25) is 0 Å². The van der Waals surface area contributed by atoms with Crippen molar-refractivity contribution < 1.29 is 18.4 Å². The summed E-state index contributed by atoms with van der Waals surface area (Å²) in [5.41, 5.74) is 0.340. The highest BCUT2D eigenvalue weighted by atomic mass is 19.2. The number of β-amino-alcohol motifs (C(OH)–C–C–N with tert-alkyl or cyclic N) is 1. The molecule has 1 unspecified atom stereocenters. The molecular weight excluding hydrogens is 256 g/mol. The summed E-state index contributed by atoms with van der Waals surface area (Å²) in [4.78, 5) is 4.13. The van der Waals surface area contributed by atoms with E-state index < -0.39 is 17.7 Å². The molecular formula is C12H11F2N3O2. The van der Waals surface area contributed by atoms with Crippen molar-refractivity contribution in [3.63, 3.8) is 0 Å². The molecule has 0 bridgehead atoms. The minimum Gasteiger partial charge on any atom is -0.392 e. The minimum atomic E-state index is -0.960. The van der Waals surface area contributed by atoms with E-state index in [9.17, 15) is 13.9 Å². The Bertz CT molecular complexity index is 602. The summed E-state index contributed by atoms with van der Waals surface area (Å²) in [6.45, 7) is 0.466. The van der Waals surface area contributed by atoms with Crippen LogP contribution in [-0.4, -0.2) is 27.9 Å². The molecule has 0 saturated carbocycles. The summed E-state index contributed by atoms with van der Waals surface area (Å²) in [7, 11) is 0. The second-order valence-electron chi connectivity index (χ2n) is 4.44. The predicted molar refractivity (Wildman–Crippen MR) is 61.0 cm³/mol. The Morgan fingerprint density at radius 2 is 2.16 bits per heavy atom. The molecule has 5 nitrogen and oxygen atoms in total. The van der Waals surface area contributed by atoms with Gasteiger partial charge >= 0.3 is 0 Å². The number of hydrogen-bond donors (Lipinski definition) is 2. The standard InChI is InChI=1S/C12H11F2N3O2/c13-8-2-1-6(3-9(8)14)11-16-12(19-17-11)10-4-7(18)5-15-10/h1-3,7,10,15,18H,4-5H2/t7?,10-/m0/s1. The van der Waals surface area contributed by atoms with Gasteiger partial charge in [-0.15, -0.1) is 0 Å². The number of aromatic nitrogens is 2. The highest BCUT2D eigenvalue weighted by Crippen LogP contribution is 2.25. The molecule has 0 aliphatic carbocycles. The van der Waals surface area contributed by atoms with Gasteiger partial charge in [-0.2, -0.15) is 4.98 Å². The normalized spacial score (nSPS) is 22.9. The molecule has 2 aromatic rings. The largest absolute Gasteiger partial charge is 0.392 e. The Balaban J connectivity index is 1.86. The predicted octanol–water partition coefficient (Wildman–Crippen LogP) is 1.41. The van der Waals surface area contributed by atoms with Crippen LogP contribution >= 0.6 is 0 Å². The molecule has 1 aromatic carbocycles. The van der Waals surface area contributed by atoms with Crippen molar-refractivity contribution in [1.29, 1.82) is 0 Å². The average molecular weight is 267 g/mol. The maximum Gasteiger partial charge on any atom is 0.244 e. The lowest BCUT2D eigenvalue weighted by Crippen LogP contribution is -2.15. The van der Waals surface area contributed by atoms with Gasteiger partial charge in [-0.1, -0.05) is 5.16 Å². The van der Waals surface area contributed by atoms with Gasteiger partial charge in [-0.05, 0) is 24.6 Å². The molecule has 0 spiro atoms. The van der Waals surface area contributed by atoms with Crippen LogP contribution in [0.15, 0.2) is 22.7 Å². The lowest BCUT2D eigenvalue weighted by molar-refractivity contribution is 0.191. The van der Waals surface area contributed by atoms with Crippen LogP contribution in [0.4, 0.5) is 8.78 Å². The lowest BCUT2D eigenvalue weighted by Gasteiger charge is -2.01. The summed E-state index contributed by atoms with van der Waals surface area (Å²) >= 11 is 0. The molecule has 100 valence electrons. The van der Waals surface area contributed by atoms with Gasteiger partial charge in [0.25, 0.3) is 0 Å². The highest BCUT2D eigenvalue weighted by Gasteiger charge is 2.28. The van der Waals surface area contributed by atoms with Crippen molar-refractivity contribution >= 4 is 0 Å². The van der Waals surface area contributed by atoms with E-state index in [0.717, 1.165) is 12.1 Å². The molecule has 1 aliphatic heterocycles. The summed E-state index contributed by atoms with van der Waals surface area (Å²) in [6, 6.07) is 3.20. The molecule has 7 heteroatoms. The number of aliphatic hydroxyl groups excluding tert-OH is 1. The van der Waals surface area contributed by atoms with E-state index in [0.29, 0.717) is 24.4 Å². The van der Waals surface area contributed by atoms with Crippen LogP contribution in [0.2, 0.25) is 0 Å². The summed E-state index contributed by atoms with van der Waals surface area (Å²) in [6.07, 6.45) is 0.0444. The quantitative estimate of drug-likeness (QED) is 0.860. The Hall–Kier alpha value is -1.86. The second-order valence-corrected chi connectivity index (χ2v) is 4.44. The smallest absolute Gasteiger partial charge is 0.244 e. The summed E-state index contributed by atoms with van der Waals surface area (Å²) in [5.74, 6) is -1.36. The number of halogens is 2. The Morgan fingerprint density at radius 3 is 2.84 bits per heavy atom. The SMILES string of the molecule is OC1CN[C@H](c2nc(-c3ccc(F)c(F)c3)no2)C1. The maximum absolute atomic E-state index is 13.1. The van der Waals surface area contributed by atoms with E-state index in [2.05, 4.69) is 15.5 Å². The third-order valence-corrected chi connectivity index (χ3v) is 3.03. The Morgan fingerprint density at radius 1 is 1.32 bits per heavy atom. The number of aliphatic hydroxyl groups is 1. The number of rotatable bonds is 2. The molecule has 2 atom stereocenters. The van der Waals surface area contributed by atoms with Gasteiger partial charge in [0.1, 0.15) is 0 Å². The van der Waals surface area contributed by atoms with Gasteiger partial charge in [0.2, 0.25) is 11.7 Å². The van der Waals surface area contributed by atoms with Gasteiger partial charge in [0.15, 0.2) is 11.6 Å². The third kappa shape index (κ3) is 2.34. The van der Waals surface area contributed by atoms with E-state index in [-0.39, 0.29) is 11.9 Å². The number of hydrogen-bond acceptors (Lipinski definition) is 5. The summed E-state index contributed by atoms with van der Waals surface area (Å²) < 4.78 is 31.0. The molecule has 1 aromatic heterocycles. The van der Waals surface area contributed by atoms with Crippen LogP contribution in [0.5, 0.6) is 0 Å². The van der Waals surface area contributed by atoms with Crippen LogP contribution in [0.25, 0.3) is 11.4 Å². The first-order valence-corrected chi connectivity index (χ1v) is 5.84. The van der Waals surface area contributed by atoms with Crippen LogP contribution in [-0.2, 0) is 0 Å². The lowest BCUT2D eigenvalue weighted by atomic mass is 10.2. The van der Waals surface area contributed by atoms with E-state index in [1.165, 1.54) is 6.07 Å². The van der Waals surface area contributed by atoms with Crippen LogP contribution in [0.1, 0.15) is 18.4 Å². The first-order chi connectivity index (χ1) is 9.13. The zero-order chi connectivity index (χ0) is 13.4. The van der Waals surface area contributed by atoms with Gasteiger partial charge in [-0.25, -0.2) is 8.78 Å². The van der Waals surface area contributed by atoms with Gasteiger partial charge in [0, 0.05) is 12.1 Å². The fourth-order valence-corrected chi connectivity index (χ4v) is 2.03. The highest BCUT2D eigenvalue weighted by molar-refractivity contribution is 5.54. The molecule has 2 N–H and O–H groups in total. The number of benzene rings is 1. The first-order valence-electron chi connectivity index (χ1n) is 5.84. The van der Waals surface area contributed by atoms with Crippen molar-refractivity contribution in [3.05, 3.63) is 35.7 Å². The van der Waals surface area contributed by atoms with E-state index in [1.807, 2.05) is 0 Å². The van der Waals surface area contributed by atoms with Gasteiger partial charge < -0.3 is 14.9 Å². The topological polar surface area (TPSA) is 71.2 Å². The first kappa shape index (κ1) is 12.2. The second kappa shape index (κ2) is 4.67. The molecule has 2 heterocycles. The van der Waals surface area contributed by atoms with E-state index in [1.54, 1.807) is 0 Å². The molecule has 3 rings (SSSR count). The zero-order valence-electron chi connectivity index (χ0n) is 9.81. The monoisotopic (exact) mass is 267 g/mol. The maximum atomic E-state index is 13.1.